The summed E-state index contributed by atoms with van der Waals surface area (Å²) in [5.74, 6) is -2.05. The van der Waals surface area contributed by atoms with Crippen LogP contribution in [0.15, 0.2) is 53.6 Å². The Bertz CT molecular complexity index is 1000. The zero-order valence-corrected chi connectivity index (χ0v) is 13.9. The van der Waals surface area contributed by atoms with E-state index < -0.39 is 39.2 Å². The number of hydrogen-bond donors (Lipinski definition) is 3. The lowest BCUT2D eigenvalue weighted by Crippen LogP contribution is -2.39. The Morgan fingerprint density at radius 1 is 1.16 bits per heavy atom. The minimum absolute atomic E-state index is 0.211. The molecule has 3 N–H and O–H groups in total. The third-order valence-electron chi connectivity index (χ3n) is 3.87. The lowest BCUT2D eigenvalue weighted by atomic mass is 10.1. The van der Waals surface area contributed by atoms with E-state index in [0.717, 1.165) is 28.6 Å². The first-order valence-corrected chi connectivity index (χ1v) is 9.02. The molecule has 0 spiro atoms. The lowest BCUT2D eigenvalue weighted by Gasteiger charge is -2.16. The van der Waals surface area contributed by atoms with Crippen molar-refractivity contribution in [2.24, 2.45) is 0 Å². The van der Waals surface area contributed by atoms with Gasteiger partial charge in [-0.05, 0) is 30.2 Å². The Morgan fingerprint density at radius 3 is 2.64 bits per heavy atom. The molecule has 25 heavy (non-hydrogen) atoms. The standard InChI is InChI=1S/C17H16F2N2O3S/c18-12-5-6-17(15(19)8-12)25(23,24)21-13(10-22)7-11-9-20-16-4-2-1-3-14(11)16/h1-6,8-9,13,20-22H,7,10H2. The van der Waals surface area contributed by atoms with Crippen LogP contribution in [-0.4, -0.2) is 31.2 Å². The van der Waals surface area contributed by atoms with Gasteiger partial charge in [0.2, 0.25) is 10.0 Å². The summed E-state index contributed by atoms with van der Waals surface area (Å²) in [6.07, 6.45) is 1.95. The van der Waals surface area contributed by atoms with E-state index in [2.05, 4.69) is 9.71 Å². The maximum absolute atomic E-state index is 13.8. The maximum atomic E-state index is 13.8. The van der Waals surface area contributed by atoms with Gasteiger partial charge in [0.05, 0.1) is 6.61 Å². The number of sulfonamides is 1. The monoisotopic (exact) mass is 366 g/mol. The van der Waals surface area contributed by atoms with Gasteiger partial charge in [-0.3, -0.25) is 0 Å². The molecule has 0 saturated heterocycles. The first-order valence-electron chi connectivity index (χ1n) is 7.54. The summed E-state index contributed by atoms with van der Waals surface area (Å²) in [6, 6.07) is 8.85. The summed E-state index contributed by atoms with van der Waals surface area (Å²) in [5, 5.41) is 10.4. The van der Waals surface area contributed by atoms with Crippen molar-refractivity contribution in [3.05, 3.63) is 65.9 Å². The van der Waals surface area contributed by atoms with Crippen LogP contribution in [0.25, 0.3) is 10.9 Å². The molecule has 0 aliphatic heterocycles. The van der Waals surface area contributed by atoms with Gasteiger partial charge in [-0.15, -0.1) is 0 Å². The Labute approximate surface area is 143 Å². The number of hydrogen-bond acceptors (Lipinski definition) is 3. The summed E-state index contributed by atoms with van der Waals surface area (Å²) in [6.45, 7) is -0.471. The van der Waals surface area contributed by atoms with Gasteiger partial charge in [-0.2, -0.15) is 0 Å². The van der Waals surface area contributed by atoms with Crippen molar-refractivity contribution in [3.8, 4) is 0 Å². The summed E-state index contributed by atoms with van der Waals surface area (Å²) < 4.78 is 53.7. The number of H-pyrrole nitrogens is 1. The van der Waals surface area contributed by atoms with Gasteiger partial charge < -0.3 is 10.1 Å². The van der Waals surface area contributed by atoms with Crippen molar-refractivity contribution in [1.29, 1.82) is 0 Å². The zero-order valence-electron chi connectivity index (χ0n) is 13.0. The molecular formula is C17H16F2N2O3S. The molecule has 1 heterocycles. The molecule has 8 heteroatoms. The number of benzene rings is 2. The number of para-hydroxylation sites is 1. The van der Waals surface area contributed by atoms with Crippen LogP contribution < -0.4 is 4.72 Å². The van der Waals surface area contributed by atoms with Gasteiger partial charge in [-0.1, -0.05) is 18.2 Å². The molecule has 1 unspecified atom stereocenters. The van der Waals surface area contributed by atoms with Crippen LogP contribution in [0.2, 0.25) is 0 Å². The highest BCUT2D eigenvalue weighted by atomic mass is 32.2. The molecule has 0 amide bonds. The van der Waals surface area contributed by atoms with Gasteiger partial charge in [0.15, 0.2) is 0 Å². The fraction of sp³-hybridized carbons (Fsp3) is 0.176. The van der Waals surface area contributed by atoms with E-state index in [0.29, 0.717) is 6.07 Å². The van der Waals surface area contributed by atoms with Crippen molar-refractivity contribution in [2.75, 3.05) is 6.61 Å². The van der Waals surface area contributed by atoms with E-state index in [4.69, 9.17) is 0 Å². The topological polar surface area (TPSA) is 82.2 Å². The van der Waals surface area contributed by atoms with Gasteiger partial charge in [0.1, 0.15) is 16.5 Å². The summed E-state index contributed by atoms with van der Waals surface area (Å²) >= 11 is 0. The van der Waals surface area contributed by atoms with E-state index in [1.807, 2.05) is 24.3 Å². The zero-order chi connectivity index (χ0) is 18.0. The fourth-order valence-corrected chi connectivity index (χ4v) is 3.97. The summed E-state index contributed by atoms with van der Waals surface area (Å²) in [7, 11) is -4.24. The molecule has 0 radical (unpaired) electrons. The Kier molecular flexibility index (Phi) is 4.85. The molecule has 1 aromatic heterocycles. The highest BCUT2D eigenvalue weighted by molar-refractivity contribution is 7.89. The molecule has 132 valence electrons. The minimum Gasteiger partial charge on any atom is -0.395 e. The van der Waals surface area contributed by atoms with Gasteiger partial charge >= 0.3 is 0 Å². The smallest absolute Gasteiger partial charge is 0.243 e. The second-order valence-electron chi connectivity index (χ2n) is 5.64. The molecule has 3 aromatic rings. The van der Waals surface area contributed by atoms with E-state index in [-0.39, 0.29) is 6.42 Å². The average Bonchev–Trinajstić information content (AvgIpc) is 2.97. The van der Waals surface area contributed by atoms with Crippen molar-refractivity contribution in [2.45, 2.75) is 17.4 Å². The van der Waals surface area contributed by atoms with Crippen LogP contribution in [0.1, 0.15) is 5.56 Å². The molecule has 0 aliphatic carbocycles. The highest BCUT2D eigenvalue weighted by Gasteiger charge is 2.24. The number of nitrogens with one attached hydrogen (secondary N) is 2. The van der Waals surface area contributed by atoms with Crippen molar-refractivity contribution in [3.63, 3.8) is 0 Å². The quantitative estimate of drug-likeness (QED) is 0.626. The van der Waals surface area contributed by atoms with E-state index in [1.54, 1.807) is 6.20 Å². The highest BCUT2D eigenvalue weighted by Crippen LogP contribution is 2.20. The third-order valence-corrected chi connectivity index (χ3v) is 5.42. The molecule has 1 atom stereocenters. The maximum Gasteiger partial charge on any atom is 0.243 e. The molecule has 0 fully saturated rings. The number of fused-ring (bicyclic) bond motifs is 1. The largest absolute Gasteiger partial charge is 0.395 e. The number of rotatable bonds is 6. The normalized spacial score (nSPS) is 13.2. The first kappa shape index (κ1) is 17.5. The molecule has 0 saturated carbocycles. The van der Waals surface area contributed by atoms with Gasteiger partial charge in [0, 0.05) is 29.2 Å². The number of aromatic amines is 1. The second-order valence-corrected chi connectivity index (χ2v) is 7.32. The van der Waals surface area contributed by atoms with Crippen LogP contribution in [-0.2, 0) is 16.4 Å². The molecule has 5 nitrogen and oxygen atoms in total. The number of aromatic nitrogens is 1. The van der Waals surface area contributed by atoms with E-state index in [9.17, 15) is 22.3 Å². The molecule has 3 rings (SSSR count). The second kappa shape index (κ2) is 6.91. The van der Waals surface area contributed by atoms with Crippen LogP contribution >= 0.6 is 0 Å². The molecule has 2 aromatic carbocycles. The summed E-state index contributed by atoms with van der Waals surface area (Å²) in [4.78, 5) is 2.41. The van der Waals surface area contributed by atoms with Crippen molar-refractivity contribution >= 4 is 20.9 Å². The average molecular weight is 366 g/mol. The predicted octanol–water partition coefficient (Wildman–Crippen LogP) is 2.33. The van der Waals surface area contributed by atoms with Gasteiger partial charge in [0.25, 0.3) is 0 Å². The van der Waals surface area contributed by atoms with Crippen LogP contribution in [0.3, 0.4) is 0 Å². The van der Waals surface area contributed by atoms with Crippen molar-refractivity contribution < 1.29 is 22.3 Å². The first-order chi connectivity index (χ1) is 11.9. The Morgan fingerprint density at radius 2 is 1.92 bits per heavy atom. The fourth-order valence-electron chi connectivity index (χ4n) is 2.69. The lowest BCUT2D eigenvalue weighted by molar-refractivity contribution is 0.256. The number of aliphatic hydroxyl groups excluding tert-OH is 1. The molecule has 0 bridgehead atoms. The van der Waals surface area contributed by atoms with Gasteiger partial charge in [-0.25, -0.2) is 21.9 Å². The van der Waals surface area contributed by atoms with Crippen LogP contribution in [0, 0.1) is 11.6 Å². The summed E-state index contributed by atoms with van der Waals surface area (Å²) in [5.41, 5.74) is 1.71. The van der Waals surface area contributed by atoms with Crippen LogP contribution in [0.5, 0.6) is 0 Å². The minimum atomic E-state index is -4.24. The number of halogens is 2. The number of aliphatic hydroxyl groups is 1. The van der Waals surface area contributed by atoms with Crippen molar-refractivity contribution in [1.82, 2.24) is 9.71 Å². The molecular weight excluding hydrogens is 350 g/mol. The van der Waals surface area contributed by atoms with Crippen LogP contribution in [0.4, 0.5) is 8.78 Å². The third kappa shape index (κ3) is 3.71. The predicted molar refractivity (Wildman–Crippen MR) is 89.6 cm³/mol. The van der Waals surface area contributed by atoms with E-state index in [1.165, 1.54) is 0 Å². The molecule has 0 aliphatic rings. The SMILES string of the molecule is O=S(=O)(NC(CO)Cc1c[nH]c2ccccc12)c1ccc(F)cc1F. The Hall–Kier alpha value is -2.29. The van der Waals surface area contributed by atoms with E-state index >= 15 is 0 Å². The Balaban J connectivity index is 1.84.